The van der Waals surface area contributed by atoms with Crippen molar-refractivity contribution in [1.29, 1.82) is 0 Å². The van der Waals surface area contributed by atoms with Crippen molar-refractivity contribution in [3.05, 3.63) is 200 Å². The van der Waals surface area contributed by atoms with Crippen molar-refractivity contribution in [2.75, 3.05) is 0 Å². The number of hydrogen-bond acceptors (Lipinski definition) is 2. The van der Waals surface area contributed by atoms with E-state index in [1.807, 2.05) is 13.0 Å². The zero-order chi connectivity index (χ0) is 50.6. The van der Waals surface area contributed by atoms with E-state index in [1.165, 1.54) is 27.3 Å². The van der Waals surface area contributed by atoms with Crippen molar-refractivity contribution in [3.63, 3.8) is 0 Å². The SMILES string of the molecule is [2H]c1c([2H])c([2H])c(-c2cccc(-c3c([2H])c([2H])c([2H])c([2H])c3[2H])c2-[n+]2[c-]n(-c3[c-]c(Oc4[c-]c5c(c([2H])c4[2H])c4c([2H])c([2H])c([2H])c([2H])c4n5-c4cc(CC)ccn4)ccc3)c3ccccc32)c([2H])c1[2H].[Pt]. The van der Waals surface area contributed by atoms with Gasteiger partial charge in [-0.2, -0.15) is 18.2 Å². The van der Waals surface area contributed by atoms with Crippen LogP contribution < -0.4 is 9.30 Å². The van der Waals surface area contributed by atoms with Crippen LogP contribution in [0.1, 0.15) is 34.4 Å². The Balaban J connectivity index is 0.00000640. The first-order valence-corrected chi connectivity index (χ1v) is 17.2. The van der Waals surface area contributed by atoms with Gasteiger partial charge in [0.1, 0.15) is 5.82 Å². The van der Waals surface area contributed by atoms with Gasteiger partial charge in [-0.25, -0.2) is 4.98 Å². The van der Waals surface area contributed by atoms with E-state index in [1.54, 1.807) is 59.3 Å². The van der Waals surface area contributed by atoms with Gasteiger partial charge in [0.2, 0.25) is 0 Å². The third kappa shape index (κ3) is 6.20. The second kappa shape index (κ2) is 14.9. The van der Waals surface area contributed by atoms with Crippen LogP contribution in [0.2, 0.25) is 0 Å². The monoisotopic (exact) mass is 917 g/mol. The van der Waals surface area contributed by atoms with Crippen molar-refractivity contribution in [3.8, 4) is 50.9 Å². The molecule has 56 heavy (non-hydrogen) atoms. The number of imidazole rings is 1. The quantitative estimate of drug-likeness (QED) is 0.112. The van der Waals surface area contributed by atoms with Crippen molar-refractivity contribution < 1.29 is 52.3 Å². The van der Waals surface area contributed by atoms with Gasteiger partial charge in [-0.1, -0.05) is 133 Å². The topological polar surface area (TPSA) is 35.9 Å². The van der Waals surface area contributed by atoms with Crippen LogP contribution in [0.15, 0.2) is 176 Å². The zero-order valence-electron chi connectivity index (χ0n) is 45.2. The fraction of sp³-hybridized carbons (Fsp3) is 0.0400. The maximum Gasteiger partial charge on any atom is 0.268 e. The van der Waals surface area contributed by atoms with E-state index in [0.29, 0.717) is 29.0 Å². The fourth-order valence-electron chi connectivity index (χ4n) is 6.68. The fourth-order valence-corrected chi connectivity index (χ4v) is 6.68. The molecule has 3 aromatic heterocycles. The number of ether oxygens (including phenoxy) is 1. The number of fused-ring (bicyclic) bond motifs is 4. The largest absolute Gasteiger partial charge is 0.510 e. The second-order valence-corrected chi connectivity index (χ2v) is 12.3. The molecule has 0 atom stereocenters. The van der Waals surface area contributed by atoms with E-state index >= 15 is 0 Å². The molecule has 0 unspecified atom stereocenters. The third-order valence-electron chi connectivity index (χ3n) is 9.15. The van der Waals surface area contributed by atoms with Gasteiger partial charge in [0.25, 0.3) is 6.33 Å². The smallest absolute Gasteiger partial charge is 0.268 e. The molecule has 0 spiro atoms. The van der Waals surface area contributed by atoms with E-state index in [9.17, 15) is 1.37 Å². The van der Waals surface area contributed by atoms with Gasteiger partial charge in [-0.3, -0.25) is 4.57 Å². The summed E-state index contributed by atoms with van der Waals surface area (Å²) in [6.07, 6.45) is 5.50. The second-order valence-electron chi connectivity index (χ2n) is 12.3. The summed E-state index contributed by atoms with van der Waals surface area (Å²) in [5, 5.41) is 0.0754. The van der Waals surface area contributed by atoms with Crippen molar-refractivity contribution in [1.82, 2.24) is 14.1 Å². The van der Waals surface area contributed by atoms with Crippen LogP contribution in [0, 0.1) is 18.5 Å². The average Bonchev–Trinajstić information content (AvgIpc) is 3.93. The number of pyridine rings is 1. The molecule has 0 aliphatic rings. The molecule has 0 bridgehead atoms. The summed E-state index contributed by atoms with van der Waals surface area (Å²) in [5.41, 5.74) is 2.07. The van der Waals surface area contributed by atoms with Gasteiger partial charge < -0.3 is 13.9 Å². The van der Waals surface area contributed by atoms with E-state index in [0.717, 1.165) is 5.56 Å². The first-order chi connectivity index (χ1) is 33.9. The Morgan fingerprint density at radius 1 is 0.679 bits per heavy atom. The Morgan fingerprint density at radius 2 is 1.39 bits per heavy atom. The molecule has 0 N–H and O–H groups in total. The first-order valence-electron chi connectivity index (χ1n) is 25.2. The summed E-state index contributed by atoms with van der Waals surface area (Å²) < 4.78 is 151. The molecule has 5 nitrogen and oxygen atoms in total. The molecular weight excluding hydrogens is 868 g/mol. The van der Waals surface area contributed by atoms with Crippen LogP contribution in [-0.4, -0.2) is 14.1 Å². The van der Waals surface area contributed by atoms with Gasteiger partial charge in [-0.15, -0.1) is 29.6 Å². The molecule has 7 aromatic carbocycles. The molecule has 3 heterocycles. The van der Waals surface area contributed by atoms with E-state index in [-0.39, 0.29) is 94.4 Å². The van der Waals surface area contributed by atoms with Crippen LogP contribution in [0.5, 0.6) is 11.5 Å². The average molecular weight is 918 g/mol. The van der Waals surface area contributed by atoms with Gasteiger partial charge >= 0.3 is 0 Å². The summed E-state index contributed by atoms with van der Waals surface area (Å²) in [6.45, 7) is 1.95. The van der Waals surface area contributed by atoms with Gasteiger partial charge in [-0.05, 0) is 64.9 Å². The van der Waals surface area contributed by atoms with E-state index in [4.69, 9.17) is 25.3 Å². The number of aryl methyl sites for hydroxylation is 1. The van der Waals surface area contributed by atoms with Crippen molar-refractivity contribution in [2.24, 2.45) is 0 Å². The molecule has 0 aliphatic carbocycles. The van der Waals surface area contributed by atoms with Gasteiger partial charge in [0.05, 0.1) is 35.9 Å². The molecule has 0 radical (unpaired) electrons. The zero-order valence-corrected chi connectivity index (χ0v) is 31.5. The summed E-state index contributed by atoms with van der Waals surface area (Å²) in [4.78, 5) is 4.54. The Bertz CT molecular complexity index is 3800. The number of aromatic nitrogens is 4. The predicted octanol–water partition coefficient (Wildman–Crippen LogP) is 11.5. The van der Waals surface area contributed by atoms with Crippen molar-refractivity contribution in [2.45, 2.75) is 13.3 Å². The molecule has 10 aromatic rings. The molecule has 0 fully saturated rings. The van der Waals surface area contributed by atoms with Crippen molar-refractivity contribution >= 4 is 32.8 Å². The summed E-state index contributed by atoms with van der Waals surface area (Å²) >= 11 is 0. The minimum Gasteiger partial charge on any atom is -0.510 e. The first kappa shape index (κ1) is 21.5. The maximum atomic E-state index is 9.25. The summed E-state index contributed by atoms with van der Waals surface area (Å²) in [6, 6.07) is 17.9. The van der Waals surface area contributed by atoms with Crippen LogP contribution in [-0.2, 0) is 27.5 Å². The Hall–Kier alpha value is -6.55. The van der Waals surface area contributed by atoms with Crippen LogP contribution in [0.4, 0.5) is 0 Å². The van der Waals surface area contributed by atoms with E-state index < -0.39 is 84.6 Å². The molecule has 272 valence electrons. The molecule has 0 saturated heterocycles. The maximum absolute atomic E-state index is 9.25. The Kier molecular flexibility index (Phi) is 5.74. The number of benzene rings is 7. The van der Waals surface area contributed by atoms with Gasteiger partial charge in [0.15, 0.2) is 0 Å². The summed E-state index contributed by atoms with van der Waals surface area (Å²) in [5.74, 6) is 0.114. The predicted molar refractivity (Wildman–Crippen MR) is 220 cm³/mol. The summed E-state index contributed by atoms with van der Waals surface area (Å²) in [7, 11) is 0. The molecular formula is C50H34N4OPt-2. The van der Waals surface area contributed by atoms with Crippen LogP contribution in [0.25, 0.3) is 72.3 Å². The normalized spacial score (nSPS) is 15.2. The third-order valence-corrected chi connectivity index (χ3v) is 9.15. The number of para-hydroxylation sites is 4. The molecule has 6 heteroatoms. The number of hydrogen-bond donors (Lipinski definition) is 0. The van der Waals surface area contributed by atoms with Gasteiger partial charge in [0, 0.05) is 45.6 Å². The Morgan fingerprint density at radius 3 is 2.16 bits per heavy atom. The number of nitrogens with zero attached hydrogens (tertiary/aromatic N) is 4. The molecule has 0 saturated carbocycles. The van der Waals surface area contributed by atoms with E-state index in [2.05, 4.69) is 23.4 Å². The molecule has 10 rings (SSSR count). The molecule has 0 aliphatic heterocycles. The standard InChI is InChI=1S/C50H34N4O.Pt/c1-2-35-29-30-51-49(31-35)54-45-24-10-9-21-43(45)44-28-27-40(33-48(44)54)55-39-20-13-19-38(32-39)52-34-53(47-26-12-11-25-46(47)52)50-41(36-15-5-3-6-16-36)22-14-23-42(50)37-17-7-4-8-18-37;/h3-31H,2H2,1H3;/q-2;/i3D,4D,5D,6D,7D,8D,9D,10D,15D,16D,17D,18D,21D,24D,27D,28D;. The minimum atomic E-state index is -0.620. The Labute approximate surface area is 362 Å². The molecule has 0 amide bonds. The van der Waals surface area contributed by atoms with Crippen LogP contribution in [0.3, 0.4) is 0 Å². The van der Waals surface area contributed by atoms with Crippen LogP contribution >= 0.6 is 0 Å². The minimum absolute atomic E-state index is 0. The number of rotatable bonds is 8.